The molecule has 0 saturated heterocycles. The summed E-state index contributed by atoms with van der Waals surface area (Å²) in [6, 6.07) is 7.61. The summed E-state index contributed by atoms with van der Waals surface area (Å²) in [5.41, 5.74) is 3.50. The molecule has 0 bridgehead atoms. The molecule has 0 aliphatic carbocycles. The van der Waals surface area contributed by atoms with Crippen LogP contribution in [0.2, 0.25) is 0 Å². The number of benzene rings is 1. The van der Waals surface area contributed by atoms with Gasteiger partial charge in [0.2, 0.25) is 0 Å². The molecule has 0 radical (unpaired) electrons. The fourth-order valence-corrected chi connectivity index (χ4v) is 1.40. The van der Waals surface area contributed by atoms with Gasteiger partial charge in [0.25, 0.3) is 0 Å². The van der Waals surface area contributed by atoms with Gasteiger partial charge in [-0.15, -0.1) is 0 Å². The normalized spacial score (nSPS) is 10.4. The molecule has 0 atom stereocenters. The zero-order valence-electron chi connectivity index (χ0n) is 7.45. The summed E-state index contributed by atoms with van der Waals surface area (Å²) in [5.74, 6) is 0.0524. The van der Waals surface area contributed by atoms with Gasteiger partial charge >= 0.3 is 0 Å². The van der Waals surface area contributed by atoms with Gasteiger partial charge in [-0.3, -0.25) is 16.1 Å². The molecule has 4 nitrogen and oxygen atoms in total. The quantitative estimate of drug-likeness (QED) is 0.385. The predicted molar refractivity (Wildman–Crippen MR) is 52.6 cm³/mol. The van der Waals surface area contributed by atoms with E-state index in [2.05, 4.69) is 0 Å². The molecule has 0 fully saturated rings. The number of hydrogen-bond acceptors (Lipinski definition) is 3. The fourth-order valence-electron chi connectivity index (χ4n) is 1.40. The lowest BCUT2D eigenvalue weighted by Gasteiger charge is -1.98. The van der Waals surface area contributed by atoms with Crippen molar-refractivity contribution in [3.63, 3.8) is 0 Å². The second-order valence-corrected chi connectivity index (χ2v) is 3.02. The second kappa shape index (κ2) is 3.51. The van der Waals surface area contributed by atoms with Gasteiger partial charge in [-0.05, 0) is 6.07 Å². The van der Waals surface area contributed by atoms with Crippen molar-refractivity contribution in [1.82, 2.24) is 5.48 Å². The van der Waals surface area contributed by atoms with Gasteiger partial charge < -0.3 is 4.42 Å². The molecule has 1 aromatic heterocycles. The van der Waals surface area contributed by atoms with E-state index in [1.165, 1.54) is 0 Å². The Kier molecular flexibility index (Phi) is 2.20. The lowest BCUT2D eigenvalue weighted by Crippen LogP contribution is -2.19. The molecular formula is C10H10N2O2. The third-order valence-corrected chi connectivity index (χ3v) is 2.06. The molecule has 72 valence electrons. The summed E-state index contributed by atoms with van der Waals surface area (Å²) in [7, 11) is 0. The molecule has 0 spiro atoms. The van der Waals surface area contributed by atoms with Crippen molar-refractivity contribution in [2.45, 2.75) is 6.42 Å². The van der Waals surface area contributed by atoms with E-state index in [9.17, 15) is 0 Å². The maximum Gasteiger partial charge on any atom is 0.134 e. The van der Waals surface area contributed by atoms with Crippen LogP contribution in [-0.4, -0.2) is 11.0 Å². The minimum atomic E-state index is 0.0524. The average Bonchev–Trinajstić information content (AvgIpc) is 2.62. The first-order chi connectivity index (χ1) is 6.81. The van der Waals surface area contributed by atoms with Crippen molar-refractivity contribution < 1.29 is 9.62 Å². The first kappa shape index (κ1) is 8.77. The van der Waals surface area contributed by atoms with Gasteiger partial charge in [0.15, 0.2) is 0 Å². The topological polar surface area (TPSA) is 69.2 Å². The molecule has 14 heavy (non-hydrogen) atoms. The Morgan fingerprint density at radius 2 is 2.21 bits per heavy atom. The summed E-state index contributed by atoms with van der Waals surface area (Å²) in [6.07, 6.45) is 1.95. The Morgan fingerprint density at radius 1 is 1.43 bits per heavy atom. The molecule has 0 aliphatic rings. The molecule has 4 heteroatoms. The van der Waals surface area contributed by atoms with E-state index in [1.807, 2.05) is 29.7 Å². The molecule has 2 aromatic rings. The van der Waals surface area contributed by atoms with Crippen LogP contribution in [0.3, 0.4) is 0 Å². The highest BCUT2D eigenvalue weighted by Crippen LogP contribution is 2.20. The van der Waals surface area contributed by atoms with Crippen LogP contribution in [-0.2, 0) is 6.42 Å². The van der Waals surface area contributed by atoms with Gasteiger partial charge in [-0.1, -0.05) is 18.2 Å². The molecule has 1 heterocycles. The Bertz CT molecular complexity index is 462. The molecule has 3 N–H and O–H groups in total. The van der Waals surface area contributed by atoms with E-state index in [0.717, 1.165) is 16.5 Å². The summed E-state index contributed by atoms with van der Waals surface area (Å²) >= 11 is 0. The predicted octanol–water partition coefficient (Wildman–Crippen LogP) is 1.93. The number of fused-ring (bicyclic) bond motifs is 1. The van der Waals surface area contributed by atoms with Crippen molar-refractivity contribution in [3.05, 3.63) is 36.1 Å². The van der Waals surface area contributed by atoms with E-state index in [0.29, 0.717) is 6.42 Å². The highest BCUT2D eigenvalue weighted by atomic mass is 16.5. The van der Waals surface area contributed by atoms with E-state index in [1.54, 1.807) is 6.26 Å². The molecule has 0 unspecified atom stereocenters. The van der Waals surface area contributed by atoms with Crippen LogP contribution in [0.25, 0.3) is 11.0 Å². The highest BCUT2D eigenvalue weighted by molar-refractivity contribution is 5.88. The van der Waals surface area contributed by atoms with Crippen LogP contribution in [0.15, 0.2) is 34.9 Å². The number of amidine groups is 1. The highest BCUT2D eigenvalue weighted by Gasteiger charge is 2.06. The van der Waals surface area contributed by atoms with Crippen LogP contribution in [0.4, 0.5) is 0 Å². The van der Waals surface area contributed by atoms with E-state index in [-0.39, 0.29) is 5.84 Å². The molecule has 0 saturated carbocycles. The number of furan rings is 1. The van der Waals surface area contributed by atoms with Crippen molar-refractivity contribution in [2.24, 2.45) is 0 Å². The number of nitrogens with one attached hydrogen (secondary N) is 2. The largest absolute Gasteiger partial charge is 0.464 e. The third-order valence-electron chi connectivity index (χ3n) is 2.06. The van der Waals surface area contributed by atoms with E-state index in [4.69, 9.17) is 15.0 Å². The Hall–Kier alpha value is -1.81. The van der Waals surface area contributed by atoms with Crippen LogP contribution >= 0.6 is 0 Å². The number of hydrogen-bond donors (Lipinski definition) is 3. The van der Waals surface area contributed by atoms with Crippen LogP contribution in [0.1, 0.15) is 5.56 Å². The van der Waals surface area contributed by atoms with Crippen molar-refractivity contribution in [3.8, 4) is 0 Å². The monoisotopic (exact) mass is 190 g/mol. The SMILES string of the molecule is N=C(Cc1coc2ccccc12)NO. The maximum atomic E-state index is 8.50. The summed E-state index contributed by atoms with van der Waals surface area (Å²) in [4.78, 5) is 0. The Morgan fingerprint density at radius 3 is 3.00 bits per heavy atom. The van der Waals surface area contributed by atoms with Gasteiger partial charge in [-0.2, -0.15) is 0 Å². The van der Waals surface area contributed by atoms with Crippen molar-refractivity contribution in [1.29, 1.82) is 5.41 Å². The van der Waals surface area contributed by atoms with Gasteiger partial charge in [0.1, 0.15) is 11.4 Å². The van der Waals surface area contributed by atoms with Gasteiger partial charge in [0.05, 0.1) is 6.26 Å². The summed E-state index contributed by atoms with van der Waals surface area (Å²) in [5, 5.41) is 16.8. The second-order valence-electron chi connectivity index (χ2n) is 3.02. The number of rotatable bonds is 2. The number of para-hydroxylation sites is 1. The third kappa shape index (κ3) is 1.47. The van der Waals surface area contributed by atoms with Gasteiger partial charge in [-0.25, -0.2) is 0 Å². The first-order valence-corrected chi connectivity index (χ1v) is 4.24. The van der Waals surface area contributed by atoms with Crippen LogP contribution in [0, 0.1) is 5.41 Å². The maximum absolute atomic E-state index is 8.50. The van der Waals surface area contributed by atoms with E-state index >= 15 is 0 Å². The van der Waals surface area contributed by atoms with Crippen LogP contribution in [0.5, 0.6) is 0 Å². The van der Waals surface area contributed by atoms with Crippen molar-refractivity contribution >= 4 is 16.8 Å². The first-order valence-electron chi connectivity index (χ1n) is 4.24. The average molecular weight is 190 g/mol. The van der Waals surface area contributed by atoms with Gasteiger partial charge in [0, 0.05) is 17.4 Å². The minimum Gasteiger partial charge on any atom is -0.464 e. The zero-order chi connectivity index (χ0) is 9.97. The zero-order valence-corrected chi connectivity index (χ0v) is 7.45. The standard InChI is InChI=1S/C10H10N2O2/c11-10(12-13)5-7-6-14-9-4-2-1-3-8(7)9/h1-4,6,13H,5H2,(H2,11,12). The smallest absolute Gasteiger partial charge is 0.134 e. The van der Waals surface area contributed by atoms with Crippen molar-refractivity contribution in [2.75, 3.05) is 0 Å². The Balaban J connectivity index is 2.38. The molecule has 0 amide bonds. The van der Waals surface area contributed by atoms with Crippen LogP contribution < -0.4 is 5.48 Å². The molecule has 1 aromatic carbocycles. The molecule has 2 rings (SSSR count). The lowest BCUT2D eigenvalue weighted by atomic mass is 10.1. The Labute approximate surface area is 80.6 Å². The fraction of sp³-hybridized carbons (Fsp3) is 0.100. The molecular weight excluding hydrogens is 180 g/mol. The molecule has 0 aliphatic heterocycles. The summed E-state index contributed by atoms with van der Waals surface area (Å²) in [6.45, 7) is 0. The van der Waals surface area contributed by atoms with E-state index < -0.39 is 0 Å². The lowest BCUT2D eigenvalue weighted by molar-refractivity contribution is 0.231. The number of hydroxylamine groups is 1. The minimum absolute atomic E-state index is 0.0524. The summed E-state index contributed by atoms with van der Waals surface area (Å²) < 4.78 is 5.29.